The summed E-state index contributed by atoms with van der Waals surface area (Å²) < 4.78 is 28.7. The molecule has 1 rings (SSSR count). The number of nitrogens with zero attached hydrogens (tertiary/aromatic N) is 1. The van der Waals surface area contributed by atoms with Crippen LogP contribution >= 0.6 is 0 Å². The third-order valence-electron chi connectivity index (χ3n) is 4.03. The second-order valence-electron chi connectivity index (χ2n) is 5.83. The van der Waals surface area contributed by atoms with Crippen molar-refractivity contribution in [3.63, 3.8) is 0 Å². The summed E-state index contributed by atoms with van der Waals surface area (Å²) in [5.41, 5.74) is 6.57. The fraction of sp³-hybridized carbons (Fsp3) is 0.647. The molecule has 120 valence electrons. The zero-order valence-electron chi connectivity index (χ0n) is 13.6. The molecular weight excluding hydrogens is 270 g/mol. The van der Waals surface area contributed by atoms with Crippen molar-refractivity contribution in [1.82, 2.24) is 0 Å². The van der Waals surface area contributed by atoms with Crippen molar-refractivity contribution < 1.29 is 8.78 Å². The second-order valence-corrected chi connectivity index (χ2v) is 5.83. The predicted molar refractivity (Wildman–Crippen MR) is 85.7 cm³/mol. The standard InChI is InChI=1S/C17H28F2N2/c1-5-12(4)11-21(7-3)17-15(18)9-13(10-16(17)19)8-14(20)6-2/h9-10,12,14H,5-8,11,20H2,1-4H3. The first-order valence-corrected chi connectivity index (χ1v) is 7.91. The summed E-state index contributed by atoms with van der Waals surface area (Å²) in [6.07, 6.45) is 2.28. The van der Waals surface area contributed by atoms with Crippen molar-refractivity contribution in [2.45, 2.75) is 53.0 Å². The summed E-state index contributed by atoms with van der Waals surface area (Å²) in [6, 6.07) is 2.79. The first kappa shape index (κ1) is 17.9. The molecule has 0 aliphatic carbocycles. The number of nitrogens with two attached hydrogens (primary N) is 1. The highest BCUT2D eigenvalue weighted by atomic mass is 19.1. The lowest BCUT2D eigenvalue weighted by Crippen LogP contribution is -2.30. The molecule has 0 saturated heterocycles. The molecule has 0 saturated carbocycles. The molecule has 4 heteroatoms. The van der Waals surface area contributed by atoms with Gasteiger partial charge in [-0.25, -0.2) is 8.78 Å². The van der Waals surface area contributed by atoms with Gasteiger partial charge in [0.05, 0.1) is 0 Å². The Bertz CT molecular complexity index is 425. The van der Waals surface area contributed by atoms with Gasteiger partial charge in [0, 0.05) is 19.1 Å². The lowest BCUT2D eigenvalue weighted by Gasteiger charge is -2.27. The molecule has 0 radical (unpaired) electrons. The Morgan fingerprint density at radius 2 is 1.67 bits per heavy atom. The summed E-state index contributed by atoms with van der Waals surface area (Å²) in [5.74, 6) is -0.575. The topological polar surface area (TPSA) is 29.3 Å². The summed E-state index contributed by atoms with van der Waals surface area (Å²) >= 11 is 0. The maximum Gasteiger partial charge on any atom is 0.149 e. The van der Waals surface area contributed by atoms with Gasteiger partial charge in [-0.15, -0.1) is 0 Å². The van der Waals surface area contributed by atoms with Crippen LogP contribution in [-0.4, -0.2) is 19.1 Å². The van der Waals surface area contributed by atoms with Crippen LogP contribution < -0.4 is 10.6 Å². The van der Waals surface area contributed by atoms with E-state index in [0.717, 1.165) is 12.8 Å². The van der Waals surface area contributed by atoms with Crippen molar-refractivity contribution in [2.24, 2.45) is 11.7 Å². The minimum absolute atomic E-state index is 0.0583. The van der Waals surface area contributed by atoms with E-state index in [-0.39, 0.29) is 11.7 Å². The molecule has 2 atom stereocenters. The van der Waals surface area contributed by atoms with Gasteiger partial charge < -0.3 is 10.6 Å². The highest BCUT2D eigenvalue weighted by Crippen LogP contribution is 2.26. The molecule has 2 N–H and O–H groups in total. The van der Waals surface area contributed by atoms with Gasteiger partial charge in [-0.05, 0) is 43.4 Å². The normalized spacial score (nSPS) is 14.0. The molecule has 1 aromatic rings. The molecule has 21 heavy (non-hydrogen) atoms. The van der Waals surface area contributed by atoms with Gasteiger partial charge in [0.1, 0.15) is 17.3 Å². The van der Waals surface area contributed by atoms with Gasteiger partial charge in [-0.2, -0.15) is 0 Å². The molecule has 2 unspecified atom stereocenters. The zero-order chi connectivity index (χ0) is 16.0. The average molecular weight is 298 g/mol. The molecule has 0 spiro atoms. The Labute approximate surface area is 127 Å². The SMILES string of the molecule is CCC(C)CN(CC)c1c(F)cc(CC(N)CC)cc1F. The van der Waals surface area contributed by atoms with E-state index in [1.807, 2.05) is 13.8 Å². The molecule has 0 bridgehead atoms. The van der Waals surface area contributed by atoms with E-state index >= 15 is 0 Å². The van der Waals surface area contributed by atoms with Crippen molar-refractivity contribution in [1.29, 1.82) is 0 Å². The maximum atomic E-state index is 14.3. The monoisotopic (exact) mass is 298 g/mol. The highest BCUT2D eigenvalue weighted by molar-refractivity contribution is 5.50. The lowest BCUT2D eigenvalue weighted by atomic mass is 10.0. The highest BCUT2D eigenvalue weighted by Gasteiger charge is 2.19. The second kappa shape index (κ2) is 8.32. The van der Waals surface area contributed by atoms with Crippen LogP contribution in [0.15, 0.2) is 12.1 Å². The first-order valence-electron chi connectivity index (χ1n) is 7.91. The van der Waals surface area contributed by atoms with E-state index in [0.29, 0.717) is 31.0 Å². The Hall–Kier alpha value is -1.16. The fourth-order valence-corrected chi connectivity index (χ4v) is 2.37. The molecule has 0 aliphatic rings. The van der Waals surface area contributed by atoms with Gasteiger partial charge in [-0.3, -0.25) is 0 Å². The minimum atomic E-state index is -0.488. The quantitative estimate of drug-likeness (QED) is 0.782. The Balaban J connectivity index is 3.02. The third-order valence-corrected chi connectivity index (χ3v) is 4.03. The van der Waals surface area contributed by atoms with Crippen LogP contribution in [0.3, 0.4) is 0 Å². The number of hydrogen-bond donors (Lipinski definition) is 1. The van der Waals surface area contributed by atoms with E-state index in [2.05, 4.69) is 13.8 Å². The Morgan fingerprint density at radius 1 is 1.10 bits per heavy atom. The number of hydrogen-bond acceptors (Lipinski definition) is 2. The molecular formula is C17H28F2N2. The molecule has 2 nitrogen and oxygen atoms in total. The summed E-state index contributed by atoms with van der Waals surface area (Å²) in [5, 5.41) is 0. The number of benzene rings is 1. The smallest absolute Gasteiger partial charge is 0.149 e. The van der Waals surface area contributed by atoms with Crippen LogP contribution in [0.1, 0.15) is 46.1 Å². The van der Waals surface area contributed by atoms with Crippen LogP contribution in [0.5, 0.6) is 0 Å². The molecule has 0 aromatic heterocycles. The van der Waals surface area contributed by atoms with E-state index in [4.69, 9.17) is 5.73 Å². The lowest BCUT2D eigenvalue weighted by molar-refractivity contribution is 0.520. The molecule has 0 heterocycles. The summed E-state index contributed by atoms with van der Waals surface area (Å²) in [7, 11) is 0. The largest absolute Gasteiger partial charge is 0.367 e. The number of anilines is 1. The molecule has 1 aromatic carbocycles. The number of rotatable bonds is 8. The number of halogens is 2. The van der Waals surface area contributed by atoms with Gasteiger partial charge >= 0.3 is 0 Å². The van der Waals surface area contributed by atoms with Crippen molar-refractivity contribution >= 4 is 5.69 Å². The van der Waals surface area contributed by atoms with Crippen LogP contribution in [-0.2, 0) is 6.42 Å². The van der Waals surface area contributed by atoms with E-state index < -0.39 is 11.6 Å². The van der Waals surface area contributed by atoms with Gasteiger partial charge in [0.25, 0.3) is 0 Å². The van der Waals surface area contributed by atoms with Crippen LogP contribution in [0.2, 0.25) is 0 Å². The van der Waals surface area contributed by atoms with E-state index in [1.54, 1.807) is 4.90 Å². The first-order chi connectivity index (χ1) is 9.92. The molecule has 0 amide bonds. The average Bonchev–Trinajstić information content (AvgIpc) is 2.44. The van der Waals surface area contributed by atoms with Crippen molar-refractivity contribution in [2.75, 3.05) is 18.0 Å². The van der Waals surface area contributed by atoms with Gasteiger partial charge in [0.15, 0.2) is 0 Å². The minimum Gasteiger partial charge on any atom is -0.367 e. The molecule has 0 aliphatic heterocycles. The van der Waals surface area contributed by atoms with Crippen LogP contribution in [0, 0.1) is 17.6 Å². The van der Waals surface area contributed by atoms with Crippen LogP contribution in [0.25, 0.3) is 0 Å². The van der Waals surface area contributed by atoms with E-state index in [1.165, 1.54) is 12.1 Å². The Morgan fingerprint density at radius 3 is 2.10 bits per heavy atom. The maximum absolute atomic E-state index is 14.3. The summed E-state index contributed by atoms with van der Waals surface area (Å²) in [6.45, 7) is 9.31. The fourth-order valence-electron chi connectivity index (χ4n) is 2.37. The van der Waals surface area contributed by atoms with Gasteiger partial charge in [-0.1, -0.05) is 27.2 Å². The zero-order valence-corrected chi connectivity index (χ0v) is 13.6. The van der Waals surface area contributed by atoms with Crippen molar-refractivity contribution in [3.05, 3.63) is 29.3 Å². The van der Waals surface area contributed by atoms with Gasteiger partial charge in [0.2, 0.25) is 0 Å². The third kappa shape index (κ3) is 4.95. The van der Waals surface area contributed by atoms with E-state index in [9.17, 15) is 8.78 Å². The molecule has 0 fully saturated rings. The summed E-state index contributed by atoms with van der Waals surface area (Å²) in [4.78, 5) is 1.78. The van der Waals surface area contributed by atoms with Crippen LogP contribution in [0.4, 0.5) is 14.5 Å². The predicted octanol–water partition coefficient (Wildman–Crippen LogP) is 4.12. The van der Waals surface area contributed by atoms with Crippen molar-refractivity contribution in [3.8, 4) is 0 Å². The Kier molecular flexibility index (Phi) is 7.09.